The predicted octanol–water partition coefficient (Wildman–Crippen LogP) is 3.55. The Morgan fingerprint density at radius 3 is 3.11 bits per heavy atom. The van der Waals surface area contributed by atoms with E-state index in [9.17, 15) is 0 Å². The van der Waals surface area contributed by atoms with E-state index < -0.39 is 0 Å². The van der Waals surface area contributed by atoms with E-state index >= 15 is 0 Å². The molecule has 0 bridgehead atoms. The van der Waals surface area contributed by atoms with E-state index in [2.05, 4.69) is 36.5 Å². The van der Waals surface area contributed by atoms with Gasteiger partial charge in [-0.3, -0.25) is 0 Å². The normalized spacial score (nSPS) is 20.0. The predicted molar refractivity (Wildman–Crippen MR) is 80.8 cm³/mol. The van der Waals surface area contributed by atoms with Crippen LogP contribution in [0.2, 0.25) is 0 Å². The van der Waals surface area contributed by atoms with E-state index in [0.29, 0.717) is 5.92 Å². The zero-order valence-electron chi connectivity index (χ0n) is 11.7. The summed E-state index contributed by atoms with van der Waals surface area (Å²) in [6.45, 7) is 5.00. The highest BCUT2D eigenvalue weighted by Gasteiger charge is 2.19. The van der Waals surface area contributed by atoms with Crippen LogP contribution in [0.3, 0.4) is 0 Å². The molecule has 1 aromatic carbocycles. The number of alkyl halides is 1. The summed E-state index contributed by atoms with van der Waals surface area (Å²) in [4.78, 5) is 0. The second-order valence-corrected chi connectivity index (χ2v) is 5.72. The number of halogens is 1. The zero-order valence-corrected chi connectivity index (χ0v) is 12.5. The summed E-state index contributed by atoms with van der Waals surface area (Å²) in [7, 11) is 0. The van der Waals surface area contributed by atoms with Gasteiger partial charge in [0.05, 0.1) is 12.7 Å². The van der Waals surface area contributed by atoms with E-state index in [1.54, 1.807) is 0 Å². The minimum absolute atomic E-state index is 0.218. The minimum atomic E-state index is 0.218. The zero-order chi connectivity index (χ0) is 13.5. The molecule has 0 saturated heterocycles. The molecule has 0 fully saturated rings. The minimum Gasteiger partial charge on any atom is -0.372 e. The second-order valence-electron chi connectivity index (χ2n) is 5.41. The lowest BCUT2D eigenvalue weighted by Gasteiger charge is -2.26. The summed E-state index contributed by atoms with van der Waals surface area (Å²) in [6, 6.07) is 8.62. The number of fused-ring (bicyclic) bond motifs is 1. The number of ether oxygens (including phenoxy) is 1. The third-order valence-corrected chi connectivity index (χ3v) is 4.26. The maximum Gasteiger partial charge on any atom is 0.0952 e. The fourth-order valence-electron chi connectivity index (χ4n) is 2.53. The number of hydrogen-bond acceptors (Lipinski definition) is 2. The Balaban J connectivity index is 1.72. The maximum absolute atomic E-state index is 5.87. The Labute approximate surface area is 121 Å². The van der Waals surface area contributed by atoms with Gasteiger partial charge in [0.2, 0.25) is 0 Å². The molecule has 2 unspecified atom stereocenters. The summed E-state index contributed by atoms with van der Waals surface area (Å²) >= 11 is 5.80. The molecule has 0 spiro atoms. The molecular formula is C16H24ClNO. The van der Waals surface area contributed by atoms with Gasteiger partial charge in [0.25, 0.3) is 0 Å². The van der Waals surface area contributed by atoms with Gasteiger partial charge in [0, 0.05) is 12.4 Å². The van der Waals surface area contributed by atoms with Gasteiger partial charge in [-0.05, 0) is 42.9 Å². The van der Waals surface area contributed by atoms with Crippen molar-refractivity contribution in [1.29, 1.82) is 0 Å². The number of nitrogens with one attached hydrogen (secondary N) is 1. The van der Waals surface area contributed by atoms with Gasteiger partial charge in [-0.25, -0.2) is 0 Å². The molecule has 0 aromatic heterocycles. The molecule has 2 rings (SSSR count). The fourth-order valence-corrected chi connectivity index (χ4v) is 2.69. The van der Waals surface area contributed by atoms with Crippen LogP contribution < -0.4 is 5.32 Å². The molecule has 0 aliphatic carbocycles. The average molecular weight is 282 g/mol. The molecule has 3 heteroatoms. The summed E-state index contributed by atoms with van der Waals surface area (Å²) in [5.41, 5.74) is 2.80. The standard InChI is InChI=1S/C16H24ClNO/c1-13(11-17)5-4-9-18-12-16-15-7-3-2-6-14(15)8-10-19-16/h2-3,6-7,13,16,18H,4-5,8-12H2,1H3. The largest absolute Gasteiger partial charge is 0.372 e. The highest BCUT2D eigenvalue weighted by Crippen LogP contribution is 2.26. The van der Waals surface area contributed by atoms with Crippen molar-refractivity contribution in [2.45, 2.75) is 32.3 Å². The fraction of sp³-hybridized carbons (Fsp3) is 0.625. The van der Waals surface area contributed by atoms with Crippen LogP contribution in [0.5, 0.6) is 0 Å². The van der Waals surface area contributed by atoms with Crippen molar-refractivity contribution in [3.05, 3.63) is 35.4 Å². The lowest BCUT2D eigenvalue weighted by atomic mass is 9.97. The monoisotopic (exact) mass is 281 g/mol. The molecule has 0 radical (unpaired) electrons. The molecule has 106 valence electrons. The third-order valence-electron chi connectivity index (χ3n) is 3.74. The van der Waals surface area contributed by atoms with E-state index in [1.165, 1.54) is 24.0 Å². The van der Waals surface area contributed by atoms with Crippen LogP contribution in [0.4, 0.5) is 0 Å². The van der Waals surface area contributed by atoms with E-state index in [4.69, 9.17) is 16.3 Å². The Morgan fingerprint density at radius 1 is 1.42 bits per heavy atom. The molecule has 1 aromatic rings. The lowest BCUT2D eigenvalue weighted by Crippen LogP contribution is -2.28. The molecule has 1 heterocycles. The van der Waals surface area contributed by atoms with Crippen LogP contribution in [-0.2, 0) is 11.2 Å². The average Bonchev–Trinajstić information content (AvgIpc) is 2.46. The summed E-state index contributed by atoms with van der Waals surface area (Å²) in [6.07, 6.45) is 3.64. The number of rotatable bonds is 7. The molecule has 1 aliphatic heterocycles. The summed E-state index contributed by atoms with van der Waals surface area (Å²) in [5.74, 6) is 1.38. The van der Waals surface area contributed by atoms with Gasteiger partial charge in [-0.2, -0.15) is 0 Å². The Hall–Kier alpha value is -0.570. The molecule has 2 atom stereocenters. The van der Waals surface area contributed by atoms with Crippen LogP contribution in [0.15, 0.2) is 24.3 Å². The van der Waals surface area contributed by atoms with Gasteiger partial charge >= 0.3 is 0 Å². The van der Waals surface area contributed by atoms with Gasteiger partial charge in [0.15, 0.2) is 0 Å². The second kappa shape index (κ2) is 7.88. The van der Waals surface area contributed by atoms with Gasteiger partial charge in [-0.1, -0.05) is 31.2 Å². The van der Waals surface area contributed by atoms with Crippen LogP contribution in [0.25, 0.3) is 0 Å². The van der Waals surface area contributed by atoms with Crippen molar-refractivity contribution in [1.82, 2.24) is 5.32 Å². The van der Waals surface area contributed by atoms with Crippen molar-refractivity contribution in [3.63, 3.8) is 0 Å². The van der Waals surface area contributed by atoms with E-state index in [-0.39, 0.29) is 6.10 Å². The van der Waals surface area contributed by atoms with Crippen LogP contribution >= 0.6 is 11.6 Å². The number of benzene rings is 1. The first-order valence-corrected chi connectivity index (χ1v) is 7.80. The van der Waals surface area contributed by atoms with Gasteiger partial charge in [0.1, 0.15) is 0 Å². The maximum atomic E-state index is 5.87. The van der Waals surface area contributed by atoms with Gasteiger partial charge < -0.3 is 10.1 Å². The molecule has 19 heavy (non-hydrogen) atoms. The molecule has 1 N–H and O–H groups in total. The van der Waals surface area contributed by atoms with Crippen molar-refractivity contribution < 1.29 is 4.74 Å². The van der Waals surface area contributed by atoms with Gasteiger partial charge in [-0.15, -0.1) is 11.6 Å². The van der Waals surface area contributed by atoms with Crippen molar-refractivity contribution in [3.8, 4) is 0 Å². The first-order chi connectivity index (χ1) is 9.31. The van der Waals surface area contributed by atoms with Crippen molar-refractivity contribution >= 4 is 11.6 Å². The summed E-state index contributed by atoms with van der Waals surface area (Å²) < 4.78 is 5.87. The van der Waals surface area contributed by atoms with E-state index in [0.717, 1.165) is 32.0 Å². The highest BCUT2D eigenvalue weighted by atomic mass is 35.5. The third kappa shape index (κ3) is 4.48. The topological polar surface area (TPSA) is 21.3 Å². The Kier molecular flexibility index (Phi) is 6.15. The molecule has 0 saturated carbocycles. The molecule has 1 aliphatic rings. The first-order valence-electron chi connectivity index (χ1n) is 7.27. The quantitative estimate of drug-likeness (QED) is 0.610. The molecule has 0 amide bonds. The highest BCUT2D eigenvalue weighted by molar-refractivity contribution is 6.18. The Morgan fingerprint density at radius 2 is 2.26 bits per heavy atom. The SMILES string of the molecule is CC(CCl)CCCNCC1OCCc2ccccc21. The summed E-state index contributed by atoms with van der Waals surface area (Å²) in [5, 5.41) is 3.51. The van der Waals surface area contributed by atoms with E-state index in [1.807, 2.05) is 0 Å². The van der Waals surface area contributed by atoms with Crippen LogP contribution in [-0.4, -0.2) is 25.6 Å². The van der Waals surface area contributed by atoms with Crippen LogP contribution in [0, 0.1) is 5.92 Å². The number of hydrogen-bond donors (Lipinski definition) is 1. The van der Waals surface area contributed by atoms with Crippen LogP contribution in [0.1, 0.15) is 37.0 Å². The Bertz CT molecular complexity index is 383. The smallest absolute Gasteiger partial charge is 0.0952 e. The van der Waals surface area contributed by atoms with Crippen molar-refractivity contribution in [2.75, 3.05) is 25.6 Å². The first kappa shape index (κ1) is 14.8. The van der Waals surface area contributed by atoms with Crippen molar-refractivity contribution in [2.24, 2.45) is 5.92 Å². The molecular weight excluding hydrogens is 258 g/mol. The molecule has 2 nitrogen and oxygen atoms in total. The lowest BCUT2D eigenvalue weighted by molar-refractivity contribution is 0.0426.